The number of benzene rings is 1. The number of rotatable bonds is 2. The van der Waals surface area contributed by atoms with Gasteiger partial charge in [0, 0.05) is 25.2 Å². The molecule has 1 saturated heterocycles. The van der Waals surface area contributed by atoms with Crippen LogP contribution in [0.1, 0.15) is 38.3 Å². The lowest BCUT2D eigenvalue weighted by atomic mass is 9.85. The van der Waals surface area contributed by atoms with Gasteiger partial charge in [-0.15, -0.1) is 0 Å². The Morgan fingerprint density at radius 3 is 2.54 bits per heavy atom. The van der Waals surface area contributed by atoms with Gasteiger partial charge in [0.05, 0.1) is 18.1 Å². The maximum Gasteiger partial charge on any atom is 0.147 e. The number of hydrogen-bond donors (Lipinski definition) is 1. The highest BCUT2D eigenvalue weighted by molar-refractivity contribution is 5.64. The summed E-state index contributed by atoms with van der Waals surface area (Å²) >= 11 is 0. The lowest BCUT2D eigenvalue weighted by molar-refractivity contribution is 0.590. The molecule has 0 saturated carbocycles. The number of anilines is 1. The molecule has 128 valence electrons. The van der Waals surface area contributed by atoms with Crippen LogP contribution in [0.5, 0.6) is 0 Å². The molecule has 1 aromatic heterocycles. The van der Waals surface area contributed by atoms with E-state index in [-0.39, 0.29) is 5.41 Å². The molecule has 2 heterocycles. The van der Waals surface area contributed by atoms with Crippen molar-refractivity contribution in [3.8, 4) is 11.3 Å². The quantitative estimate of drug-likeness (QED) is 0.917. The molecule has 4 heteroatoms. The molecule has 1 aliphatic heterocycles. The van der Waals surface area contributed by atoms with E-state index in [2.05, 4.69) is 66.1 Å². The highest BCUT2D eigenvalue weighted by Gasteiger charge is 2.16. The Morgan fingerprint density at radius 1 is 1.04 bits per heavy atom. The molecular formula is C20H28N4. The van der Waals surface area contributed by atoms with Crippen LogP contribution in [-0.4, -0.2) is 36.1 Å². The number of aryl methyl sites for hydroxylation is 1. The molecule has 0 unspecified atom stereocenters. The molecule has 2 aromatic rings. The highest BCUT2D eigenvalue weighted by atomic mass is 15.2. The molecule has 24 heavy (non-hydrogen) atoms. The van der Waals surface area contributed by atoms with E-state index < -0.39 is 0 Å². The summed E-state index contributed by atoms with van der Waals surface area (Å²) in [6, 6.07) is 6.65. The van der Waals surface area contributed by atoms with E-state index in [9.17, 15) is 0 Å². The third kappa shape index (κ3) is 3.75. The molecular weight excluding hydrogens is 296 g/mol. The predicted octanol–water partition coefficient (Wildman–Crippen LogP) is 3.55. The SMILES string of the molecule is Cc1cc(C(C)(C)C)ccc1-c1cnc(N2CCCNCC2)cn1. The minimum atomic E-state index is 0.166. The predicted molar refractivity (Wildman–Crippen MR) is 101 cm³/mol. The van der Waals surface area contributed by atoms with Crippen molar-refractivity contribution in [2.45, 2.75) is 39.5 Å². The Balaban J connectivity index is 1.83. The normalized spacial score (nSPS) is 16.1. The fraction of sp³-hybridized carbons (Fsp3) is 0.500. The van der Waals surface area contributed by atoms with Crippen LogP contribution < -0.4 is 10.2 Å². The Hall–Kier alpha value is -1.94. The molecule has 4 nitrogen and oxygen atoms in total. The van der Waals surface area contributed by atoms with Crippen molar-refractivity contribution in [1.82, 2.24) is 15.3 Å². The average Bonchev–Trinajstić information content (AvgIpc) is 2.83. The van der Waals surface area contributed by atoms with Crippen LogP contribution in [0.4, 0.5) is 5.82 Å². The van der Waals surface area contributed by atoms with Crippen LogP contribution in [-0.2, 0) is 5.41 Å². The summed E-state index contributed by atoms with van der Waals surface area (Å²) in [4.78, 5) is 11.7. The van der Waals surface area contributed by atoms with Gasteiger partial charge in [-0.25, -0.2) is 4.98 Å². The number of nitrogens with one attached hydrogen (secondary N) is 1. The molecule has 3 rings (SSSR count). The van der Waals surface area contributed by atoms with E-state index in [1.165, 1.54) is 16.7 Å². The van der Waals surface area contributed by atoms with Gasteiger partial charge < -0.3 is 10.2 Å². The molecule has 1 aromatic carbocycles. The van der Waals surface area contributed by atoms with Crippen LogP contribution in [0, 0.1) is 6.92 Å². The summed E-state index contributed by atoms with van der Waals surface area (Å²) in [7, 11) is 0. The zero-order chi connectivity index (χ0) is 17.2. The topological polar surface area (TPSA) is 41.1 Å². The van der Waals surface area contributed by atoms with Crippen LogP contribution in [0.2, 0.25) is 0 Å². The zero-order valence-electron chi connectivity index (χ0n) is 15.3. The lowest BCUT2D eigenvalue weighted by Crippen LogP contribution is -2.28. The van der Waals surface area contributed by atoms with Crippen LogP contribution in [0.3, 0.4) is 0 Å². The van der Waals surface area contributed by atoms with Crippen LogP contribution >= 0.6 is 0 Å². The summed E-state index contributed by atoms with van der Waals surface area (Å²) in [5.41, 5.74) is 4.89. The minimum absolute atomic E-state index is 0.166. The average molecular weight is 324 g/mol. The van der Waals surface area contributed by atoms with Gasteiger partial charge in [0.1, 0.15) is 5.82 Å². The van der Waals surface area contributed by atoms with Gasteiger partial charge in [0.2, 0.25) is 0 Å². The maximum atomic E-state index is 4.68. The highest BCUT2D eigenvalue weighted by Crippen LogP contribution is 2.28. The maximum absolute atomic E-state index is 4.68. The first-order valence-corrected chi connectivity index (χ1v) is 8.84. The first-order chi connectivity index (χ1) is 11.4. The van der Waals surface area contributed by atoms with Crippen molar-refractivity contribution in [3.63, 3.8) is 0 Å². The van der Waals surface area contributed by atoms with Crippen molar-refractivity contribution in [2.24, 2.45) is 0 Å². The third-order valence-corrected chi connectivity index (χ3v) is 4.67. The molecule has 1 aliphatic rings. The van der Waals surface area contributed by atoms with Gasteiger partial charge in [0.25, 0.3) is 0 Å². The molecule has 0 atom stereocenters. The van der Waals surface area contributed by atoms with E-state index in [1.54, 1.807) is 0 Å². The molecule has 1 fully saturated rings. The smallest absolute Gasteiger partial charge is 0.147 e. The Kier molecular flexibility index (Phi) is 4.86. The standard InChI is InChI=1S/C20H28N4/c1-15-12-16(20(2,3)4)6-7-17(15)18-13-23-19(14-22-18)24-10-5-8-21-9-11-24/h6-7,12-14,21H,5,8-11H2,1-4H3. The minimum Gasteiger partial charge on any atom is -0.354 e. The number of hydrogen-bond acceptors (Lipinski definition) is 4. The van der Waals surface area contributed by atoms with Gasteiger partial charge in [-0.2, -0.15) is 0 Å². The van der Waals surface area contributed by atoms with Gasteiger partial charge in [0.15, 0.2) is 0 Å². The van der Waals surface area contributed by atoms with E-state index in [0.29, 0.717) is 0 Å². The van der Waals surface area contributed by atoms with Crippen LogP contribution in [0.25, 0.3) is 11.3 Å². The van der Waals surface area contributed by atoms with Crippen molar-refractivity contribution in [3.05, 3.63) is 41.7 Å². The lowest BCUT2D eigenvalue weighted by Gasteiger charge is -2.21. The summed E-state index contributed by atoms with van der Waals surface area (Å²) in [6.45, 7) is 13.0. The number of nitrogens with zero attached hydrogens (tertiary/aromatic N) is 3. The first kappa shape index (κ1) is 16.9. The Bertz CT molecular complexity index is 678. The van der Waals surface area contributed by atoms with Crippen molar-refractivity contribution in [2.75, 3.05) is 31.1 Å². The molecule has 0 aliphatic carbocycles. The van der Waals surface area contributed by atoms with Gasteiger partial charge in [-0.3, -0.25) is 4.98 Å². The fourth-order valence-corrected chi connectivity index (χ4v) is 3.12. The second-order valence-corrected chi connectivity index (χ2v) is 7.63. The second kappa shape index (κ2) is 6.89. The zero-order valence-corrected chi connectivity index (χ0v) is 15.3. The monoisotopic (exact) mass is 324 g/mol. The molecule has 0 spiro atoms. The van der Waals surface area contributed by atoms with Gasteiger partial charge >= 0.3 is 0 Å². The largest absolute Gasteiger partial charge is 0.354 e. The molecule has 1 N–H and O–H groups in total. The van der Waals surface area contributed by atoms with E-state index >= 15 is 0 Å². The van der Waals surface area contributed by atoms with E-state index in [0.717, 1.165) is 44.1 Å². The fourth-order valence-electron chi connectivity index (χ4n) is 3.12. The molecule has 0 bridgehead atoms. The second-order valence-electron chi connectivity index (χ2n) is 7.63. The van der Waals surface area contributed by atoms with Crippen molar-refractivity contribution in [1.29, 1.82) is 0 Å². The van der Waals surface area contributed by atoms with E-state index in [4.69, 9.17) is 0 Å². The van der Waals surface area contributed by atoms with Gasteiger partial charge in [-0.05, 0) is 36.4 Å². The Morgan fingerprint density at radius 2 is 1.88 bits per heavy atom. The van der Waals surface area contributed by atoms with Crippen molar-refractivity contribution >= 4 is 5.82 Å². The number of aromatic nitrogens is 2. The van der Waals surface area contributed by atoms with Crippen molar-refractivity contribution < 1.29 is 0 Å². The van der Waals surface area contributed by atoms with E-state index in [1.807, 2.05) is 12.4 Å². The summed E-state index contributed by atoms with van der Waals surface area (Å²) in [5, 5.41) is 3.42. The van der Waals surface area contributed by atoms with Gasteiger partial charge in [-0.1, -0.05) is 39.0 Å². The Labute approximate surface area is 145 Å². The molecule has 0 amide bonds. The third-order valence-electron chi connectivity index (χ3n) is 4.67. The summed E-state index contributed by atoms with van der Waals surface area (Å²) < 4.78 is 0. The summed E-state index contributed by atoms with van der Waals surface area (Å²) in [6.07, 6.45) is 4.97. The molecule has 0 radical (unpaired) electrons. The van der Waals surface area contributed by atoms with Crippen LogP contribution in [0.15, 0.2) is 30.6 Å². The summed E-state index contributed by atoms with van der Waals surface area (Å²) in [5.74, 6) is 0.978. The first-order valence-electron chi connectivity index (χ1n) is 8.84.